The van der Waals surface area contributed by atoms with Crippen LogP contribution in [0.2, 0.25) is 24.7 Å². The topological polar surface area (TPSA) is 47.9 Å². The molecule has 2 aromatic carbocycles. The number of hydrogen-bond acceptors (Lipinski definition) is 4. The van der Waals surface area contributed by atoms with E-state index in [1.165, 1.54) is 6.20 Å². The Morgan fingerprint density at radius 1 is 1.04 bits per heavy atom. The quantitative estimate of drug-likeness (QED) is 0.300. The Bertz CT molecular complexity index is 766. The molecule has 0 saturated heterocycles. The Balaban J connectivity index is 2.14. The molecular weight excluding hydrogens is 354 g/mol. The fraction of sp³-hybridized carbons (Fsp3) is 0.158. The standard InChI is InChI=1S/C19H20ClNO3Si/c1-25(2,3)24-18(23-19(22)16-7-5-4-6-8-16)14-21-13-15-9-11-17(20)12-10-15/h4-14H,1-3H3/b18-14-,21-13?. The number of hydrogen-bond donors (Lipinski definition) is 0. The molecule has 6 heteroatoms. The Hall–Kier alpha value is -2.37. The monoisotopic (exact) mass is 373 g/mol. The normalized spacial score (nSPS) is 12.2. The van der Waals surface area contributed by atoms with Gasteiger partial charge in [0.1, 0.15) is 6.20 Å². The number of halogens is 1. The van der Waals surface area contributed by atoms with Gasteiger partial charge < -0.3 is 9.16 Å². The highest BCUT2D eigenvalue weighted by molar-refractivity contribution is 6.70. The smallest absolute Gasteiger partial charge is 0.345 e. The first kappa shape index (κ1) is 19.0. The maximum absolute atomic E-state index is 12.2. The van der Waals surface area contributed by atoms with Crippen molar-refractivity contribution in [2.24, 2.45) is 4.99 Å². The van der Waals surface area contributed by atoms with E-state index in [2.05, 4.69) is 4.99 Å². The van der Waals surface area contributed by atoms with E-state index in [1.54, 1.807) is 42.6 Å². The third-order valence-electron chi connectivity index (χ3n) is 2.88. The van der Waals surface area contributed by atoms with Gasteiger partial charge in [0, 0.05) is 11.2 Å². The van der Waals surface area contributed by atoms with E-state index in [0.29, 0.717) is 10.6 Å². The zero-order valence-electron chi connectivity index (χ0n) is 14.4. The van der Waals surface area contributed by atoms with Crippen LogP contribution < -0.4 is 0 Å². The van der Waals surface area contributed by atoms with Gasteiger partial charge in [-0.15, -0.1) is 0 Å². The minimum atomic E-state index is -1.96. The second-order valence-corrected chi connectivity index (χ2v) is 11.1. The van der Waals surface area contributed by atoms with Crippen LogP contribution in [-0.2, 0) is 9.16 Å². The summed E-state index contributed by atoms with van der Waals surface area (Å²) < 4.78 is 11.2. The summed E-state index contributed by atoms with van der Waals surface area (Å²) in [4.78, 5) is 16.4. The van der Waals surface area contributed by atoms with Crippen molar-refractivity contribution >= 4 is 32.1 Å². The van der Waals surface area contributed by atoms with Gasteiger partial charge in [-0.25, -0.2) is 4.79 Å². The van der Waals surface area contributed by atoms with Crippen LogP contribution in [0.4, 0.5) is 0 Å². The molecule has 0 amide bonds. The lowest BCUT2D eigenvalue weighted by Gasteiger charge is -2.20. The maximum atomic E-state index is 12.2. The van der Waals surface area contributed by atoms with E-state index >= 15 is 0 Å². The van der Waals surface area contributed by atoms with Gasteiger partial charge in [-0.3, -0.25) is 4.99 Å². The Labute approximate surface area is 153 Å². The van der Waals surface area contributed by atoms with Gasteiger partial charge in [0.15, 0.2) is 0 Å². The first-order chi connectivity index (χ1) is 11.8. The summed E-state index contributed by atoms with van der Waals surface area (Å²) in [5, 5.41) is 0.659. The van der Waals surface area contributed by atoms with Gasteiger partial charge in [0.25, 0.3) is 5.95 Å². The van der Waals surface area contributed by atoms with Crippen LogP contribution in [0.5, 0.6) is 0 Å². The van der Waals surface area contributed by atoms with Crippen LogP contribution in [-0.4, -0.2) is 20.5 Å². The molecule has 25 heavy (non-hydrogen) atoms. The summed E-state index contributed by atoms with van der Waals surface area (Å²) >= 11 is 5.85. The summed E-state index contributed by atoms with van der Waals surface area (Å²) in [5.41, 5.74) is 1.33. The molecule has 130 valence electrons. The van der Waals surface area contributed by atoms with E-state index in [-0.39, 0.29) is 5.95 Å². The summed E-state index contributed by atoms with van der Waals surface area (Å²) in [6, 6.07) is 16.0. The second-order valence-electron chi connectivity index (χ2n) is 6.25. The largest absolute Gasteiger partial charge is 0.518 e. The number of carbonyl (C=O) groups excluding carboxylic acids is 1. The van der Waals surface area contributed by atoms with Gasteiger partial charge in [0.05, 0.1) is 5.56 Å². The highest BCUT2D eigenvalue weighted by atomic mass is 35.5. The molecule has 0 aliphatic heterocycles. The molecule has 0 aliphatic rings. The van der Waals surface area contributed by atoms with Crippen molar-refractivity contribution in [3.8, 4) is 0 Å². The highest BCUT2D eigenvalue weighted by Gasteiger charge is 2.21. The molecule has 0 fully saturated rings. The van der Waals surface area contributed by atoms with E-state index in [4.69, 9.17) is 20.8 Å². The minimum Gasteiger partial charge on any atom is -0.518 e. The van der Waals surface area contributed by atoms with Crippen molar-refractivity contribution in [1.29, 1.82) is 0 Å². The molecule has 0 aromatic heterocycles. The Kier molecular flexibility index (Phi) is 6.55. The van der Waals surface area contributed by atoms with Gasteiger partial charge in [-0.05, 0) is 49.5 Å². The van der Waals surface area contributed by atoms with Gasteiger partial charge in [-0.2, -0.15) is 0 Å². The van der Waals surface area contributed by atoms with Crippen molar-refractivity contribution in [1.82, 2.24) is 0 Å². The summed E-state index contributed by atoms with van der Waals surface area (Å²) in [5.74, 6) is -0.384. The van der Waals surface area contributed by atoms with E-state index in [1.807, 2.05) is 37.8 Å². The molecule has 0 spiro atoms. The van der Waals surface area contributed by atoms with Crippen molar-refractivity contribution in [3.63, 3.8) is 0 Å². The summed E-state index contributed by atoms with van der Waals surface area (Å²) in [7, 11) is -1.96. The second kappa shape index (κ2) is 8.64. The van der Waals surface area contributed by atoms with Crippen LogP contribution in [0.3, 0.4) is 0 Å². The van der Waals surface area contributed by atoms with Crippen LogP contribution in [0.25, 0.3) is 0 Å². The lowest BCUT2D eigenvalue weighted by Crippen LogP contribution is -2.26. The molecule has 4 nitrogen and oxygen atoms in total. The Morgan fingerprint density at radius 2 is 1.68 bits per heavy atom. The first-order valence-corrected chi connectivity index (χ1v) is 11.6. The molecule has 0 N–H and O–H groups in total. The molecule has 0 aliphatic carbocycles. The zero-order valence-corrected chi connectivity index (χ0v) is 16.2. The molecule has 0 atom stereocenters. The average molecular weight is 374 g/mol. The van der Waals surface area contributed by atoms with Crippen molar-refractivity contribution in [2.45, 2.75) is 19.6 Å². The molecule has 2 aromatic rings. The zero-order chi connectivity index (χ0) is 18.3. The van der Waals surface area contributed by atoms with Crippen molar-refractivity contribution < 1.29 is 14.0 Å². The van der Waals surface area contributed by atoms with E-state index < -0.39 is 14.3 Å². The number of carbonyl (C=O) groups is 1. The fourth-order valence-corrected chi connectivity index (χ4v) is 2.66. The lowest BCUT2D eigenvalue weighted by molar-refractivity contribution is 0.0467. The molecule has 2 rings (SSSR count). The third kappa shape index (κ3) is 6.95. The van der Waals surface area contributed by atoms with Crippen LogP contribution in [0.1, 0.15) is 15.9 Å². The molecule has 0 heterocycles. The number of aliphatic imine (C=N–C) groups is 1. The molecular formula is C19H20ClNO3Si. The number of esters is 1. The highest BCUT2D eigenvalue weighted by Crippen LogP contribution is 2.14. The molecule has 0 radical (unpaired) electrons. The molecule has 0 bridgehead atoms. The van der Waals surface area contributed by atoms with E-state index in [9.17, 15) is 4.79 Å². The summed E-state index contributed by atoms with van der Waals surface area (Å²) in [6.45, 7) is 6.00. The van der Waals surface area contributed by atoms with E-state index in [0.717, 1.165) is 5.56 Å². The van der Waals surface area contributed by atoms with Crippen LogP contribution >= 0.6 is 11.6 Å². The number of nitrogens with zero attached hydrogens (tertiary/aromatic N) is 1. The van der Waals surface area contributed by atoms with Gasteiger partial charge >= 0.3 is 5.97 Å². The minimum absolute atomic E-state index is 0.0956. The average Bonchev–Trinajstić information content (AvgIpc) is 2.56. The van der Waals surface area contributed by atoms with Gasteiger partial charge in [0.2, 0.25) is 8.32 Å². The lowest BCUT2D eigenvalue weighted by atomic mass is 10.2. The number of rotatable bonds is 6. The van der Waals surface area contributed by atoms with Crippen molar-refractivity contribution in [2.75, 3.05) is 0 Å². The maximum Gasteiger partial charge on any atom is 0.345 e. The van der Waals surface area contributed by atoms with Crippen molar-refractivity contribution in [3.05, 3.63) is 82.9 Å². The Morgan fingerprint density at radius 3 is 2.28 bits per heavy atom. The predicted octanol–water partition coefficient (Wildman–Crippen LogP) is 5.27. The number of ether oxygens (including phenoxy) is 1. The number of benzene rings is 2. The van der Waals surface area contributed by atoms with Crippen LogP contribution in [0, 0.1) is 0 Å². The summed E-state index contributed by atoms with van der Waals surface area (Å²) in [6.07, 6.45) is 3.05. The predicted molar refractivity (Wildman–Crippen MR) is 103 cm³/mol. The molecule has 0 saturated carbocycles. The van der Waals surface area contributed by atoms with Crippen LogP contribution in [0.15, 0.2) is 71.7 Å². The SMILES string of the molecule is C[Si](C)(C)O/C(=C\N=Cc1ccc(Cl)cc1)OC(=O)c1ccccc1. The third-order valence-corrected chi connectivity index (χ3v) is 3.95. The van der Waals surface area contributed by atoms with Gasteiger partial charge in [-0.1, -0.05) is 41.9 Å². The fourth-order valence-electron chi connectivity index (χ4n) is 1.83. The first-order valence-electron chi connectivity index (χ1n) is 7.79. The molecule has 0 unspecified atom stereocenters.